The third kappa shape index (κ3) is 6.01. The summed E-state index contributed by atoms with van der Waals surface area (Å²) in [4.78, 5) is 15.2. The molecule has 0 saturated carbocycles. The van der Waals surface area contributed by atoms with Crippen molar-refractivity contribution >= 4 is 21.6 Å². The summed E-state index contributed by atoms with van der Waals surface area (Å²) < 4.78 is 37.2. The van der Waals surface area contributed by atoms with Crippen LogP contribution in [0.2, 0.25) is 0 Å². The lowest BCUT2D eigenvalue weighted by molar-refractivity contribution is -0.121. The van der Waals surface area contributed by atoms with Gasteiger partial charge in [-0.3, -0.25) is 9.10 Å². The van der Waals surface area contributed by atoms with Gasteiger partial charge in [-0.15, -0.1) is 0 Å². The van der Waals surface area contributed by atoms with Gasteiger partial charge in [-0.25, -0.2) is 8.42 Å². The maximum absolute atomic E-state index is 12.7. The van der Waals surface area contributed by atoms with Crippen LogP contribution < -0.4 is 19.1 Å². The molecule has 0 unspecified atom stereocenters. The molecule has 1 aromatic carbocycles. The number of carbonyl (C=O) groups is 1. The fourth-order valence-corrected chi connectivity index (χ4v) is 5.17. The van der Waals surface area contributed by atoms with Gasteiger partial charge in [-0.1, -0.05) is 12.8 Å². The van der Waals surface area contributed by atoms with Crippen molar-refractivity contribution in [3.63, 3.8) is 0 Å². The first kappa shape index (κ1) is 22.7. The van der Waals surface area contributed by atoms with Gasteiger partial charge in [0, 0.05) is 12.6 Å². The first-order chi connectivity index (χ1) is 14.4. The Morgan fingerprint density at radius 1 is 1.13 bits per heavy atom. The van der Waals surface area contributed by atoms with Crippen LogP contribution in [0, 0.1) is 0 Å². The van der Waals surface area contributed by atoms with E-state index in [2.05, 4.69) is 10.2 Å². The second-order valence-corrected chi connectivity index (χ2v) is 9.82. The third-order valence-electron chi connectivity index (χ3n) is 5.52. The molecule has 1 N–H and O–H groups in total. The van der Waals surface area contributed by atoms with Gasteiger partial charge in [0.2, 0.25) is 15.9 Å². The van der Waals surface area contributed by atoms with Crippen LogP contribution in [0.25, 0.3) is 0 Å². The van der Waals surface area contributed by atoms with E-state index >= 15 is 0 Å². The van der Waals surface area contributed by atoms with Crippen molar-refractivity contribution in [3.05, 3.63) is 18.2 Å². The molecule has 8 nitrogen and oxygen atoms in total. The normalized spacial score (nSPS) is 18.3. The van der Waals surface area contributed by atoms with Gasteiger partial charge in [0.1, 0.15) is 19.3 Å². The van der Waals surface area contributed by atoms with Crippen LogP contribution in [0.4, 0.5) is 5.69 Å². The molecule has 1 fully saturated rings. The Balaban J connectivity index is 1.59. The monoisotopic (exact) mass is 439 g/mol. The fourth-order valence-electron chi connectivity index (χ4n) is 4.00. The van der Waals surface area contributed by atoms with E-state index in [1.807, 2.05) is 0 Å². The van der Waals surface area contributed by atoms with Crippen LogP contribution in [-0.4, -0.2) is 70.9 Å². The molecule has 0 spiro atoms. The second kappa shape index (κ2) is 10.3. The van der Waals surface area contributed by atoms with Crippen molar-refractivity contribution in [2.75, 3.05) is 50.0 Å². The zero-order valence-electron chi connectivity index (χ0n) is 17.9. The van der Waals surface area contributed by atoms with Crippen LogP contribution in [0.5, 0.6) is 11.5 Å². The second-order valence-electron chi connectivity index (χ2n) is 7.96. The molecule has 0 radical (unpaired) electrons. The van der Waals surface area contributed by atoms with Gasteiger partial charge in [0.15, 0.2) is 11.5 Å². The molecule has 1 atom stereocenters. The van der Waals surface area contributed by atoms with Crippen LogP contribution in [0.1, 0.15) is 39.0 Å². The van der Waals surface area contributed by atoms with Crippen LogP contribution >= 0.6 is 0 Å². The lowest BCUT2D eigenvalue weighted by Crippen LogP contribution is -2.48. The summed E-state index contributed by atoms with van der Waals surface area (Å²) >= 11 is 0. The Morgan fingerprint density at radius 3 is 2.47 bits per heavy atom. The summed E-state index contributed by atoms with van der Waals surface area (Å²) in [5, 5.41) is 2.89. The SMILES string of the molecule is C[C@@H](C(=O)NCCCN1CCCCCC1)N(c1ccc2c(c1)OCCO2)S(C)(=O)=O. The van der Waals surface area contributed by atoms with Gasteiger partial charge in [0.05, 0.1) is 11.9 Å². The summed E-state index contributed by atoms with van der Waals surface area (Å²) in [5.41, 5.74) is 0.383. The van der Waals surface area contributed by atoms with Gasteiger partial charge in [-0.2, -0.15) is 0 Å². The summed E-state index contributed by atoms with van der Waals surface area (Å²) in [6.07, 6.45) is 7.02. The maximum atomic E-state index is 12.7. The Kier molecular flexibility index (Phi) is 7.82. The van der Waals surface area contributed by atoms with Crippen molar-refractivity contribution in [3.8, 4) is 11.5 Å². The van der Waals surface area contributed by atoms with Crippen molar-refractivity contribution in [1.82, 2.24) is 10.2 Å². The highest BCUT2D eigenvalue weighted by Gasteiger charge is 2.30. The minimum atomic E-state index is -3.67. The third-order valence-corrected chi connectivity index (χ3v) is 6.76. The topological polar surface area (TPSA) is 88.2 Å². The lowest BCUT2D eigenvalue weighted by Gasteiger charge is -2.29. The minimum Gasteiger partial charge on any atom is -0.486 e. The molecule has 3 rings (SSSR count). The molecule has 2 aliphatic rings. The van der Waals surface area contributed by atoms with E-state index in [1.165, 1.54) is 25.7 Å². The molecule has 2 aliphatic heterocycles. The number of sulfonamides is 1. The number of ether oxygens (including phenoxy) is 2. The molecular formula is C21H33N3O5S. The van der Waals surface area contributed by atoms with Gasteiger partial charge < -0.3 is 19.7 Å². The number of nitrogens with one attached hydrogen (secondary N) is 1. The standard InChI is InChI=1S/C21H33N3O5S/c1-17(21(25)22-10-7-13-23-11-5-3-4-6-12-23)24(30(2,26)27)18-8-9-19-20(16-18)29-15-14-28-19/h8-9,16-17H,3-7,10-15H2,1-2H3,(H,22,25)/t17-/m0/s1. The molecule has 0 aliphatic carbocycles. The molecule has 1 saturated heterocycles. The molecule has 9 heteroatoms. The Morgan fingerprint density at radius 2 is 1.80 bits per heavy atom. The fraction of sp³-hybridized carbons (Fsp3) is 0.667. The van der Waals surface area contributed by atoms with E-state index in [-0.39, 0.29) is 5.91 Å². The molecule has 168 valence electrons. The molecular weight excluding hydrogens is 406 g/mol. The van der Waals surface area contributed by atoms with E-state index in [4.69, 9.17) is 9.47 Å². The number of rotatable bonds is 8. The number of likely N-dealkylation sites (tertiary alicyclic amines) is 1. The summed E-state index contributed by atoms with van der Waals surface area (Å²) in [5.74, 6) is 0.743. The van der Waals surface area contributed by atoms with E-state index in [9.17, 15) is 13.2 Å². The van der Waals surface area contributed by atoms with Crippen LogP contribution in [0.3, 0.4) is 0 Å². The van der Waals surface area contributed by atoms with Crippen molar-refractivity contribution in [1.29, 1.82) is 0 Å². The highest BCUT2D eigenvalue weighted by molar-refractivity contribution is 7.92. The predicted octanol–water partition coefficient (Wildman–Crippen LogP) is 1.99. The first-order valence-corrected chi connectivity index (χ1v) is 12.6. The maximum Gasteiger partial charge on any atom is 0.243 e. The largest absolute Gasteiger partial charge is 0.486 e. The lowest BCUT2D eigenvalue weighted by atomic mass is 10.2. The number of hydrogen-bond acceptors (Lipinski definition) is 6. The molecule has 1 aromatic rings. The Bertz CT molecular complexity index is 822. The number of carbonyl (C=O) groups excluding carboxylic acids is 1. The molecule has 0 bridgehead atoms. The number of fused-ring (bicyclic) bond motifs is 1. The molecule has 2 heterocycles. The highest BCUT2D eigenvalue weighted by Crippen LogP contribution is 2.35. The predicted molar refractivity (Wildman–Crippen MR) is 117 cm³/mol. The van der Waals surface area contributed by atoms with Gasteiger partial charge in [-0.05, 0) is 58.0 Å². The van der Waals surface area contributed by atoms with E-state index in [0.717, 1.165) is 36.6 Å². The van der Waals surface area contributed by atoms with E-state index in [0.29, 0.717) is 36.9 Å². The number of nitrogens with zero attached hydrogens (tertiary/aromatic N) is 2. The number of benzene rings is 1. The Labute approximate surface area is 179 Å². The zero-order chi connectivity index (χ0) is 21.6. The van der Waals surface area contributed by atoms with E-state index in [1.54, 1.807) is 25.1 Å². The quantitative estimate of drug-likeness (QED) is 0.624. The highest BCUT2D eigenvalue weighted by atomic mass is 32.2. The summed E-state index contributed by atoms with van der Waals surface area (Å²) in [7, 11) is -3.67. The van der Waals surface area contributed by atoms with Crippen molar-refractivity contribution in [2.24, 2.45) is 0 Å². The minimum absolute atomic E-state index is 0.314. The van der Waals surface area contributed by atoms with Crippen LogP contribution in [-0.2, 0) is 14.8 Å². The Hall–Kier alpha value is -2.00. The van der Waals surface area contributed by atoms with Crippen molar-refractivity contribution in [2.45, 2.75) is 45.1 Å². The summed E-state index contributed by atoms with van der Waals surface area (Å²) in [6, 6.07) is 4.05. The molecule has 30 heavy (non-hydrogen) atoms. The molecule has 0 aromatic heterocycles. The zero-order valence-corrected chi connectivity index (χ0v) is 18.7. The first-order valence-electron chi connectivity index (χ1n) is 10.8. The number of hydrogen-bond donors (Lipinski definition) is 1. The average molecular weight is 440 g/mol. The van der Waals surface area contributed by atoms with Crippen molar-refractivity contribution < 1.29 is 22.7 Å². The average Bonchev–Trinajstić information content (AvgIpc) is 2.99. The molecule has 1 amide bonds. The smallest absolute Gasteiger partial charge is 0.243 e. The van der Waals surface area contributed by atoms with E-state index < -0.39 is 16.1 Å². The van der Waals surface area contributed by atoms with Gasteiger partial charge in [0.25, 0.3) is 0 Å². The van der Waals surface area contributed by atoms with Gasteiger partial charge >= 0.3 is 0 Å². The number of amides is 1. The summed E-state index contributed by atoms with van der Waals surface area (Å²) in [6.45, 7) is 6.18. The number of anilines is 1. The van der Waals surface area contributed by atoms with Crippen LogP contribution in [0.15, 0.2) is 18.2 Å².